The molecule has 116 heavy (non-hydrogen) atoms. The number of ketones is 6. The van der Waals surface area contributed by atoms with Crippen LogP contribution in [-0.2, 0) is 90.5 Å². The molecule has 9 saturated carbocycles. The predicted octanol–water partition coefficient (Wildman–Crippen LogP) is -0.360. The fourth-order valence-electron chi connectivity index (χ4n) is 24.0. The molecule has 0 spiro atoms. The van der Waals surface area contributed by atoms with Crippen molar-refractivity contribution in [3.63, 3.8) is 0 Å². The van der Waals surface area contributed by atoms with Crippen molar-refractivity contribution >= 4 is 78.3 Å². The van der Waals surface area contributed by atoms with Crippen molar-refractivity contribution in [3.8, 4) is 0 Å². The monoisotopic (exact) mass is 1680 g/mol. The molecule has 3 unspecified atom stereocenters. The number of esters is 6. The van der Waals surface area contributed by atoms with E-state index < -0.39 is 201 Å². The normalized spacial score (nSPS) is 40.6. The molecule has 0 amide bonds. The zero-order chi connectivity index (χ0) is 84.5. The van der Waals surface area contributed by atoms with Crippen LogP contribution in [0.2, 0.25) is 0 Å². The summed E-state index contributed by atoms with van der Waals surface area (Å²) in [5.41, 5.74) is -15.8. The van der Waals surface area contributed by atoms with E-state index in [1.54, 1.807) is 101 Å². The maximum Gasteiger partial charge on any atom is 1.00 e. The van der Waals surface area contributed by atoms with Gasteiger partial charge in [-0.25, -0.2) is 13.2 Å². The summed E-state index contributed by atoms with van der Waals surface area (Å²) in [6.45, 7) is 24.2. The van der Waals surface area contributed by atoms with E-state index in [0.717, 1.165) is 0 Å². The van der Waals surface area contributed by atoms with Crippen LogP contribution >= 0.6 is 7.82 Å². The number of ether oxygens (including phenoxy) is 6. The van der Waals surface area contributed by atoms with Crippen LogP contribution in [0.25, 0.3) is 0 Å². The molecule has 9 fully saturated rings. The van der Waals surface area contributed by atoms with Crippen molar-refractivity contribution in [1.82, 2.24) is 0 Å². The maximum atomic E-state index is 17.4. The van der Waals surface area contributed by atoms with Crippen molar-refractivity contribution in [2.75, 3.05) is 19.8 Å². The Morgan fingerprint density at radius 1 is 0.405 bits per heavy atom. The van der Waals surface area contributed by atoms with E-state index in [0.29, 0.717) is 74.5 Å². The zero-order valence-electron chi connectivity index (χ0n) is 70.4. The van der Waals surface area contributed by atoms with Gasteiger partial charge >= 0.3 is 124 Å². The minimum Gasteiger partial charge on any atom is -0.822 e. The Morgan fingerprint density at radius 3 is 0.810 bits per heavy atom. The number of halogens is 3. The second kappa shape index (κ2) is 36.9. The molecule has 0 saturated heterocycles. The fraction of sp³-hybridized carbons (Fsp3) is 0.714. The molecule has 25 nitrogen and oxygen atoms in total. The Morgan fingerprint density at radius 2 is 0.612 bits per heavy atom. The number of aliphatic hydroxyl groups is 3. The summed E-state index contributed by atoms with van der Waals surface area (Å²) in [5, 5.41) is 34.6. The van der Waals surface area contributed by atoms with Crippen molar-refractivity contribution in [3.05, 3.63) is 71.4 Å². The summed E-state index contributed by atoms with van der Waals surface area (Å²) in [5.74, 6) is -9.92. The molecule has 0 aromatic rings. The Bertz CT molecular complexity index is 3740. The van der Waals surface area contributed by atoms with Gasteiger partial charge in [-0.2, -0.15) is 7.82 Å². The Labute approximate surface area is 743 Å². The molecule has 3 N–H and O–H groups in total. The first-order valence-electron chi connectivity index (χ1n) is 39.8. The number of alkyl halides is 3. The quantitative estimate of drug-likeness (QED) is 0.0683. The molecule has 12 aliphatic rings. The molecule has 24 atom stereocenters. The third-order valence-corrected chi connectivity index (χ3v) is 29.4. The van der Waals surface area contributed by atoms with Crippen molar-refractivity contribution < 1.29 is 222 Å². The minimum absolute atomic E-state index is 0. The van der Waals surface area contributed by atoms with Gasteiger partial charge in [0.1, 0.15) is 0 Å². The summed E-state index contributed by atoms with van der Waals surface area (Å²) in [6.07, 6.45) is 13.0. The van der Waals surface area contributed by atoms with Crippen LogP contribution in [0, 0.1) is 85.8 Å². The second-order valence-corrected chi connectivity index (χ2v) is 35.5. The molecule has 626 valence electrons. The molecular weight excluding hydrogens is 1570 g/mol. The van der Waals surface area contributed by atoms with E-state index in [-0.39, 0.29) is 182 Å². The minimum atomic E-state index is -5.39. The summed E-state index contributed by atoms with van der Waals surface area (Å²) in [7, 11) is -5.39. The molecule has 0 aliphatic heterocycles. The number of phosphoric acid groups is 1. The molecule has 0 bridgehead atoms. The summed E-state index contributed by atoms with van der Waals surface area (Å²) >= 11 is 0. The first kappa shape index (κ1) is 101. The number of allylic oxidation sites excluding steroid dienone is 12. The SMILES string of the molecule is CCC(=O)OCC(=O)[C@@]1(OC(=O)CC)[C@@H](C)C[C@H]2[C@@H]3CCC4=CC(=O)C=C[C@]4(C)C3(F)[C@@H](O)C[C@@]21C.CCC(=O)OCC(=O)[C@@]1(OC(=O)CC)[C@@H](C)C[C@H]2[C@@H]3CCC4=CC(=O)C=C[C@]4(C)C3(F)[C@@H](O)C[C@@]21C.CCC(=O)OCC(=O)[C@]1(OC(=O)CC)[C@H](C)C[C@@H]2[C@H]3CCC4=CC(=O)C=C[C@@]4(C)C3(F)[C@H](O)C[C@]21C.O=P([O-])([O-])[O-].[Na+].[Na+].[Na+]. The van der Waals surface area contributed by atoms with Crippen LogP contribution < -0.4 is 103 Å². The van der Waals surface area contributed by atoms with Gasteiger partial charge in [-0.15, -0.1) is 0 Å². The van der Waals surface area contributed by atoms with Gasteiger partial charge in [-0.1, -0.05) is 118 Å². The second-order valence-electron chi connectivity index (χ2n) is 34.7. The Hall–Kier alpha value is -3.94. The van der Waals surface area contributed by atoms with Crippen molar-refractivity contribution in [2.24, 2.45) is 85.8 Å². The number of Topliss-reactive ketones (excluding diaryl/α,β-unsaturated/α-hetero) is 3. The third-order valence-electron chi connectivity index (χ3n) is 29.4. The average Bonchev–Trinajstić information content (AvgIpc) is 1.45. The third kappa shape index (κ3) is 16.2. The summed E-state index contributed by atoms with van der Waals surface area (Å²) < 4.78 is 94.1. The Balaban J connectivity index is 0.000000259. The topological polar surface area (TPSA) is 407 Å². The number of hydrogen-bond donors (Lipinski definition) is 3. The molecule has 0 heterocycles. The van der Waals surface area contributed by atoms with Crippen molar-refractivity contribution in [2.45, 2.75) is 272 Å². The molecule has 0 aromatic carbocycles. The van der Waals surface area contributed by atoms with Gasteiger partial charge in [0.2, 0.25) is 17.3 Å². The van der Waals surface area contributed by atoms with E-state index in [1.807, 2.05) is 20.8 Å². The largest absolute Gasteiger partial charge is 1.00 e. The van der Waals surface area contributed by atoms with Gasteiger partial charge in [0.25, 0.3) is 0 Å². The first-order valence-corrected chi connectivity index (χ1v) is 41.3. The van der Waals surface area contributed by atoms with Gasteiger partial charge in [0.15, 0.2) is 71.0 Å². The van der Waals surface area contributed by atoms with E-state index in [9.17, 15) is 72.9 Å². The Kier molecular flexibility index (Phi) is 32.0. The van der Waals surface area contributed by atoms with Crippen LogP contribution in [0.1, 0.15) is 219 Å². The van der Waals surface area contributed by atoms with E-state index in [1.165, 1.54) is 36.5 Å². The number of hydrogen-bond acceptors (Lipinski definition) is 25. The standard InChI is InChI=1S/3C28H37FO7.3Na.H3O4P/c3*1-6-23(33)35-15-22(32)28(36-24(34)7-2)16(3)12-20-19-9-8-17-13-18(30)10-11-25(17,4)27(19,29)21(31)14-26(20,28)5;;;;1-5(2,3)4/h3*10-11,13,16,19-21,31H,6-9,12,14-15H2,1-5H3;;;;(H3,1,2,3,4)/q;;;3*+1;/p-3/t3*16-,19-,20-,21-,25-,26-,27?,28-;;;;/m100..../s1. The predicted molar refractivity (Wildman–Crippen MR) is 392 cm³/mol. The summed E-state index contributed by atoms with van der Waals surface area (Å²) in [4.78, 5) is 177. The van der Waals surface area contributed by atoms with Crippen LogP contribution in [0.4, 0.5) is 13.2 Å². The first-order chi connectivity index (χ1) is 52.4. The maximum absolute atomic E-state index is 17.4. The van der Waals surface area contributed by atoms with Crippen LogP contribution in [0.5, 0.6) is 0 Å². The number of rotatable bonds is 18. The van der Waals surface area contributed by atoms with Crippen molar-refractivity contribution in [1.29, 1.82) is 0 Å². The molecule has 12 rings (SSSR count). The van der Waals surface area contributed by atoms with Gasteiger partial charge in [-0.05, 0) is 152 Å². The van der Waals surface area contributed by atoms with Gasteiger partial charge < -0.3 is 63.0 Å². The molecule has 32 heteroatoms. The molecular formula is C84H111F3Na3O25P. The zero-order valence-corrected chi connectivity index (χ0v) is 77.3. The number of fused-ring (bicyclic) bond motifs is 15. The van der Waals surface area contributed by atoms with Gasteiger partial charge in [-0.3, -0.25) is 57.5 Å². The van der Waals surface area contributed by atoms with Gasteiger partial charge in [0, 0.05) is 107 Å². The van der Waals surface area contributed by atoms with E-state index in [4.69, 9.17) is 47.7 Å². The van der Waals surface area contributed by atoms with Gasteiger partial charge in [0.05, 0.1) is 18.3 Å². The van der Waals surface area contributed by atoms with E-state index in [2.05, 4.69) is 0 Å². The van der Waals surface area contributed by atoms with Crippen LogP contribution in [0.3, 0.4) is 0 Å². The smallest absolute Gasteiger partial charge is 0.822 e. The number of carbonyl (C=O) groups excluding carboxylic acids is 12. The summed E-state index contributed by atoms with van der Waals surface area (Å²) in [6, 6.07) is 0. The molecule has 0 aromatic heterocycles. The number of aliphatic hydroxyl groups excluding tert-OH is 3. The van der Waals surface area contributed by atoms with E-state index >= 15 is 13.2 Å². The molecule has 0 radical (unpaired) electrons. The molecule has 12 aliphatic carbocycles. The number of carbonyl (C=O) groups is 12. The average molecular weight is 1680 g/mol. The van der Waals surface area contributed by atoms with Crippen LogP contribution in [-0.4, -0.2) is 158 Å². The fourth-order valence-corrected chi connectivity index (χ4v) is 24.0. The van der Waals surface area contributed by atoms with Crippen LogP contribution in [0.15, 0.2) is 71.4 Å².